The Morgan fingerprint density at radius 2 is 1.62 bits per heavy atom. The average molecular weight is 447 g/mol. The summed E-state index contributed by atoms with van der Waals surface area (Å²) >= 11 is 5.96. The standard InChI is InChI=1S/C25H23ClN4O2/c1-30(2)22-13-11-18(12-14-22)16-23(28-24(31)20-8-4-3-5-9-20)25(32)29-27-17-19-7-6-10-21(26)15-19/h3-17H,1-2H3,(H,28,31)(H,29,32)/b23-16-,27-17?. The van der Waals surface area contributed by atoms with Crippen LogP contribution in [0.25, 0.3) is 6.08 Å². The van der Waals surface area contributed by atoms with Crippen molar-refractivity contribution in [3.63, 3.8) is 0 Å². The lowest BCUT2D eigenvalue weighted by atomic mass is 10.1. The van der Waals surface area contributed by atoms with Crippen LogP contribution in [-0.4, -0.2) is 32.1 Å². The van der Waals surface area contributed by atoms with Gasteiger partial charge >= 0.3 is 0 Å². The number of carbonyl (C=O) groups is 2. The second kappa shape index (κ2) is 10.9. The third-order valence-electron chi connectivity index (χ3n) is 4.48. The van der Waals surface area contributed by atoms with E-state index in [2.05, 4.69) is 15.8 Å². The molecule has 6 nitrogen and oxygen atoms in total. The predicted molar refractivity (Wildman–Crippen MR) is 130 cm³/mol. The molecule has 0 radical (unpaired) electrons. The van der Waals surface area contributed by atoms with Gasteiger partial charge in [0.2, 0.25) is 0 Å². The normalized spacial score (nSPS) is 11.3. The molecule has 0 atom stereocenters. The number of carbonyl (C=O) groups excluding carboxylic acids is 2. The SMILES string of the molecule is CN(C)c1ccc(/C=C(\NC(=O)c2ccccc2)C(=O)NN=Cc2cccc(Cl)c2)cc1. The number of nitrogens with zero attached hydrogens (tertiary/aromatic N) is 2. The minimum atomic E-state index is -0.552. The van der Waals surface area contributed by atoms with E-state index in [-0.39, 0.29) is 5.70 Å². The molecule has 7 heteroatoms. The van der Waals surface area contributed by atoms with E-state index in [1.807, 2.05) is 55.4 Å². The molecule has 2 amide bonds. The van der Waals surface area contributed by atoms with Gasteiger partial charge in [0.05, 0.1) is 6.21 Å². The quantitative estimate of drug-likeness (QED) is 0.322. The molecule has 3 aromatic carbocycles. The molecule has 32 heavy (non-hydrogen) atoms. The van der Waals surface area contributed by atoms with Crippen LogP contribution in [0.3, 0.4) is 0 Å². The fourth-order valence-corrected chi connectivity index (χ4v) is 2.99. The molecule has 0 spiro atoms. The van der Waals surface area contributed by atoms with E-state index < -0.39 is 11.8 Å². The first kappa shape index (κ1) is 22.8. The number of halogens is 1. The molecule has 0 heterocycles. The van der Waals surface area contributed by atoms with E-state index in [1.165, 1.54) is 6.21 Å². The highest BCUT2D eigenvalue weighted by Crippen LogP contribution is 2.15. The van der Waals surface area contributed by atoms with Crippen molar-refractivity contribution in [2.45, 2.75) is 0 Å². The van der Waals surface area contributed by atoms with Gasteiger partial charge in [-0.2, -0.15) is 5.10 Å². The molecule has 0 aliphatic carbocycles. The first-order chi connectivity index (χ1) is 15.4. The van der Waals surface area contributed by atoms with Crippen LogP contribution in [0, 0.1) is 0 Å². The Kier molecular flexibility index (Phi) is 7.78. The minimum Gasteiger partial charge on any atom is -0.378 e. The second-order valence-corrected chi connectivity index (χ2v) is 7.55. The van der Waals surface area contributed by atoms with Gasteiger partial charge in [-0.15, -0.1) is 0 Å². The second-order valence-electron chi connectivity index (χ2n) is 7.12. The largest absolute Gasteiger partial charge is 0.378 e. The molecule has 0 aliphatic rings. The van der Waals surface area contributed by atoms with Gasteiger partial charge in [0.15, 0.2) is 0 Å². The van der Waals surface area contributed by atoms with Crippen molar-refractivity contribution in [3.8, 4) is 0 Å². The zero-order valence-electron chi connectivity index (χ0n) is 17.7. The molecule has 2 N–H and O–H groups in total. The van der Waals surface area contributed by atoms with E-state index in [0.29, 0.717) is 10.6 Å². The predicted octanol–water partition coefficient (Wildman–Crippen LogP) is 4.33. The van der Waals surface area contributed by atoms with Crippen LogP contribution < -0.4 is 15.6 Å². The number of rotatable bonds is 7. The van der Waals surface area contributed by atoms with Crippen molar-refractivity contribution < 1.29 is 9.59 Å². The highest BCUT2D eigenvalue weighted by molar-refractivity contribution is 6.30. The van der Waals surface area contributed by atoms with Crippen LogP contribution in [0.4, 0.5) is 5.69 Å². The first-order valence-corrected chi connectivity index (χ1v) is 10.2. The maximum absolute atomic E-state index is 12.8. The van der Waals surface area contributed by atoms with Gasteiger partial charge in [-0.3, -0.25) is 9.59 Å². The fraction of sp³-hybridized carbons (Fsp3) is 0.0800. The third kappa shape index (κ3) is 6.55. The zero-order chi connectivity index (χ0) is 22.9. The summed E-state index contributed by atoms with van der Waals surface area (Å²) in [6.07, 6.45) is 3.08. The van der Waals surface area contributed by atoms with Gasteiger partial charge in [0.1, 0.15) is 5.70 Å². The Balaban J connectivity index is 1.81. The van der Waals surface area contributed by atoms with E-state index in [4.69, 9.17) is 11.6 Å². The van der Waals surface area contributed by atoms with E-state index in [9.17, 15) is 9.59 Å². The number of hydrogen-bond donors (Lipinski definition) is 2. The van der Waals surface area contributed by atoms with Crippen molar-refractivity contribution in [1.29, 1.82) is 0 Å². The van der Waals surface area contributed by atoms with Crippen molar-refractivity contribution in [1.82, 2.24) is 10.7 Å². The van der Waals surface area contributed by atoms with Crippen molar-refractivity contribution in [3.05, 3.63) is 106 Å². The average Bonchev–Trinajstić information content (AvgIpc) is 2.79. The number of nitrogens with one attached hydrogen (secondary N) is 2. The molecular formula is C25H23ClN4O2. The summed E-state index contributed by atoms with van der Waals surface area (Å²) in [5, 5.41) is 7.23. The van der Waals surface area contributed by atoms with Crippen LogP contribution >= 0.6 is 11.6 Å². The Morgan fingerprint density at radius 3 is 2.28 bits per heavy atom. The Bertz CT molecular complexity index is 1140. The zero-order valence-corrected chi connectivity index (χ0v) is 18.5. The first-order valence-electron chi connectivity index (χ1n) is 9.87. The summed E-state index contributed by atoms with van der Waals surface area (Å²) in [4.78, 5) is 27.4. The molecule has 0 bridgehead atoms. The number of anilines is 1. The maximum Gasteiger partial charge on any atom is 0.287 e. The van der Waals surface area contributed by atoms with Crippen LogP contribution in [0.15, 0.2) is 89.7 Å². The highest BCUT2D eigenvalue weighted by atomic mass is 35.5. The molecule has 3 rings (SSSR count). The molecule has 0 saturated carbocycles. The van der Waals surface area contributed by atoms with Gasteiger partial charge in [0.25, 0.3) is 11.8 Å². The van der Waals surface area contributed by atoms with Crippen LogP contribution in [0.1, 0.15) is 21.5 Å². The molecule has 0 aromatic heterocycles. The topological polar surface area (TPSA) is 73.8 Å². The van der Waals surface area contributed by atoms with E-state index >= 15 is 0 Å². The molecular weight excluding hydrogens is 424 g/mol. The van der Waals surface area contributed by atoms with Gasteiger partial charge in [-0.05, 0) is 53.6 Å². The summed E-state index contributed by atoms with van der Waals surface area (Å²) in [5.41, 5.74) is 5.47. The third-order valence-corrected chi connectivity index (χ3v) is 4.71. The molecule has 0 aliphatic heterocycles. The summed E-state index contributed by atoms with van der Waals surface area (Å²) in [6.45, 7) is 0. The van der Waals surface area contributed by atoms with E-state index in [1.54, 1.807) is 48.5 Å². The van der Waals surface area contributed by atoms with Crippen molar-refractivity contribution in [2.24, 2.45) is 5.10 Å². The van der Waals surface area contributed by atoms with Crippen molar-refractivity contribution >= 4 is 41.4 Å². The molecule has 0 fully saturated rings. The lowest BCUT2D eigenvalue weighted by Crippen LogP contribution is -2.32. The van der Waals surface area contributed by atoms with Crippen molar-refractivity contribution in [2.75, 3.05) is 19.0 Å². The fourth-order valence-electron chi connectivity index (χ4n) is 2.79. The highest BCUT2D eigenvalue weighted by Gasteiger charge is 2.14. The summed E-state index contributed by atoms with van der Waals surface area (Å²) < 4.78 is 0. The lowest BCUT2D eigenvalue weighted by molar-refractivity contribution is -0.117. The Labute approximate surface area is 192 Å². The number of hydrazone groups is 1. The summed E-state index contributed by atoms with van der Waals surface area (Å²) in [7, 11) is 3.89. The Hall–Kier alpha value is -3.90. The number of amides is 2. The van der Waals surface area contributed by atoms with E-state index in [0.717, 1.165) is 16.8 Å². The number of hydrogen-bond acceptors (Lipinski definition) is 4. The molecule has 162 valence electrons. The molecule has 0 unspecified atom stereocenters. The van der Waals surface area contributed by atoms with Crippen LogP contribution in [-0.2, 0) is 4.79 Å². The monoisotopic (exact) mass is 446 g/mol. The summed E-state index contributed by atoms with van der Waals surface area (Å²) in [5.74, 6) is -0.944. The molecule has 3 aromatic rings. The van der Waals surface area contributed by atoms with Gasteiger partial charge in [-0.25, -0.2) is 5.43 Å². The van der Waals surface area contributed by atoms with Crippen LogP contribution in [0.5, 0.6) is 0 Å². The summed E-state index contributed by atoms with van der Waals surface area (Å²) in [6, 6.07) is 23.3. The maximum atomic E-state index is 12.8. The minimum absolute atomic E-state index is 0.0692. The Morgan fingerprint density at radius 1 is 0.906 bits per heavy atom. The van der Waals surface area contributed by atoms with Gasteiger partial charge < -0.3 is 10.2 Å². The van der Waals surface area contributed by atoms with Gasteiger partial charge in [-0.1, -0.05) is 54.1 Å². The molecule has 0 saturated heterocycles. The van der Waals surface area contributed by atoms with Gasteiger partial charge in [0, 0.05) is 30.4 Å². The smallest absolute Gasteiger partial charge is 0.287 e. The lowest BCUT2D eigenvalue weighted by Gasteiger charge is -2.12. The number of benzene rings is 3. The van der Waals surface area contributed by atoms with Crippen LogP contribution in [0.2, 0.25) is 5.02 Å².